The molecule has 1 N–H and O–H groups in total. The highest BCUT2D eigenvalue weighted by Crippen LogP contribution is 2.18. The summed E-state index contributed by atoms with van der Waals surface area (Å²) >= 11 is 0. The maximum atomic E-state index is 14.0. The number of nitrogens with one attached hydrogen (secondary N) is 1. The Morgan fingerprint density at radius 2 is 2.13 bits per heavy atom. The molecule has 2 heterocycles. The average Bonchev–Trinajstić information content (AvgIpc) is 2.77. The largest absolute Gasteiger partial charge is 0.376 e. The standard InChI is InChI=1S/C22H31FN4O2.HI/c1-2-25-22(26-15-18-13-17(14-24)6-7-21(18)23)27-10-8-19(9-11-27)29-16-20-5-3-4-12-28-20;/h6-7,13,19-20H,2-5,8-12,15-16H2,1H3,(H,25,26);1H. The van der Waals surface area contributed by atoms with Gasteiger partial charge < -0.3 is 19.7 Å². The molecule has 0 bridgehead atoms. The molecule has 30 heavy (non-hydrogen) atoms. The van der Waals surface area contributed by atoms with Crippen molar-refractivity contribution in [1.29, 1.82) is 5.26 Å². The molecule has 6 nitrogen and oxygen atoms in total. The van der Waals surface area contributed by atoms with E-state index in [4.69, 9.17) is 14.7 Å². The first-order valence-corrected chi connectivity index (χ1v) is 10.6. The smallest absolute Gasteiger partial charge is 0.194 e. The number of nitrogens with zero attached hydrogens (tertiary/aromatic N) is 3. The minimum atomic E-state index is -0.333. The summed E-state index contributed by atoms with van der Waals surface area (Å²) in [6.45, 7) is 6.21. The summed E-state index contributed by atoms with van der Waals surface area (Å²) < 4.78 is 25.9. The van der Waals surface area contributed by atoms with Crippen LogP contribution in [0.15, 0.2) is 23.2 Å². The first-order valence-electron chi connectivity index (χ1n) is 10.6. The van der Waals surface area contributed by atoms with Crippen LogP contribution in [0, 0.1) is 17.1 Å². The monoisotopic (exact) mass is 530 g/mol. The number of piperidine rings is 1. The van der Waals surface area contributed by atoms with Gasteiger partial charge in [0.15, 0.2) is 5.96 Å². The van der Waals surface area contributed by atoms with E-state index in [2.05, 4.69) is 15.2 Å². The normalized spacial score (nSPS) is 20.4. The third kappa shape index (κ3) is 7.36. The number of nitriles is 1. The Bertz CT molecular complexity index is 726. The van der Waals surface area contributed by atoms with Crippen LogP contribution in [0.2, 0.25) is 0 Å². The van der Waals surface area contributed by atoms with Crippen molar-refractivity contribution in [3.63, 3.8) is 0 Å². The van der Waals surface area contributed by atoms with E-state index in [-0.39, 0.29) is 48.5 Å². The summed E-state index contributed by atoms with van der Waals surface area (Å²) in [7, 11) is 0. The number of rotatable bonds is 6. The highest BCUT2D eigenvalue weighted by Gasteiger charge is 2.23. The molecule has 1 unspecified atom stereocenters. The molecule has 0 spiro atoms. The van der Waals surface area contributed by atoms with Gasteiger partial charge in [0.25, 0.3) is 0 Å². The van der Waals surface area contributed by atoms with Crippen LogP contribution in [-0.4, -0.2) is 55.9 Å². The molecule has 2 saturated heterocycles. The van der Waals surface area contributed by atoms with Crippen molar-refractivity contribution >= 4 is 29.9 Å². The Morgan fingerprint density at radius 1 is 1.33 bits per heavy atom. The number of ether oxygens (including phenoxy) is 2. The molecular weight excluding hydrogens is 498 g/mol. The van der Waals surface area contributed by atoms with E-state index in [1.54, 1.807) is 6.07 Å². The van der Waals surface area contributed by atoms with Crippen LogP contribution in [0.5, 0.6) is 0 Å². The summed E-state index contributed by atoms with van der Waals surface area (Å²) in [5.74, 6) is 0.448. The van der Waals surface area contributed by atoms with Crippen LogP contribution in [0.3, 0.4) is 0 Å². The molecule has 0 aromatic heterocycles. The van der Waals surface area contributed by atoms with Crippen molar-refractivity contribution in [2.24, 2.45) is 4.99 Å². The van der Waals surface area contributed by atoms with Gasteiger partial charge in [-0.3, -0.25) is 0 Å². The van der Waals surface area contributed by atoms with Crippen LogP contribution in [-0.2, 0) is 16.0 Å². The van der Waals surface area contributed by atoms with Gasteiger partial charge in [0.05, 0.1) is 37.0 Å². The predicted molar refractivity (Wildman–Crippen MR) is 125 cm³/mol. The van der Waals surface area contributed by atoms with E-state index in [0.717, 1.165) is 57.9 Å². The Morgan fingerprint density at radius 3 is 2.80 bits per heavy atom. The quantitative estimate of drug-likeness (QED) is 0.344. The van der Waals surface area contributed by atoms with Crippen molar-refractivity contribution in [2.45, 2.75) is 57.8 Å². The molecule has 0 aliphatic carbocycles. The Labute approximate surface area is 195 Å². The Hall–Kier alpha value is -1.44. The molecule has 166 valence electrons. The van der Waals surface area contributed by atoms with Gasteiger partial charge in [0.1, 0.15) is 5.82 Å². The summed E-state index contributed by atoms with van der Waals surface area (Å²) in [6, 6.07) is 6.42. The summed E-state index contributed by atoms with van der Waals surface area (Å²) in [4.78, 5) is 6.81. The molecule has 1 atom stereocenters. The summed E-state index contributed by atoms with van der Waals surface area (Å²) in [5, 5.41) is 12.3. The minimum absolute atomic E-state index is 0. The molecular formula is C22H32FIN4O2. The highest BCUT2D eigenvalue weighted by atomic mass is 127. The van der Waals surface area contributed by atoms with Crippen LogP contribution in [0.1, 0.15) is 50.2 Å². The lowest BCUT2D eigenvalue weighted by atomic mass is 10.1. The van der Waals surface area contributed by atoms with Gasteiger partial charge in [-0.05, 0) is 57.2 Å². The molecule has 2 aliphatic rings. The third-order valence-corrected chi connectivity index (χ3v) is 5.44. The molecule has 3 rings (SSSR count). The lowest BCUT2D eigenvalue weighted by Gasteiger charge is -2.35. The van der Waals surface area contributed by atoms with E-state index in [0.29, 0.717) is 17.7 Å². The lowest BCUT2D eigenvalue weighted by Crippen LogP contribution is -2.47. The van der Waals surface area contributed by atoms with Gasteiger partial charge in [-0.25, -0.2) is 9.38 Å². The Kier molecular flexibility index (Phi) is 10.8. The second kappa shape index (κ2) is 13.1. The Balaban J connectivity index is 0.00000320. The molecule has 2 aliphatic heterocycles. The third-order valence-electron chi connectivity index (χ3n) is 5.44. The maximum Gasteiger partial charge on any atom is 0.194 e. The zero-order valence-corrected chi connectivity index (χ0v) is 19.9. The highest BCUT2D eigenvalue weighted by molar-refractivity contribution is 14.0. The van der Waals surface area contributed by atoms with Crippen molar-refractivity contribution in [1.82, 2.24) is 10.2 Å². The van der Waals surface area contributed by atoms with Gasteiger partial charge in [0.2, 0.25) is 0 Å². The number of halogens is 2. The topological polar surface area (TPSA) is 69.9 Å². The number of benzene rings is 1. The molecule has 8 heteroatoms. The molecule has 0 radical (unpaired) electrons. The summed E-state index contributed by atoms with van der Waals surface area (Å²) in [5.41, 5.74) is 0.881. The second-order valence-corrected chi connectivity index (χ2v) is 7.60. The van der Waals surface area contributed by atoms with Crippen molar-refractivity contribution in [3.05, 3.63) is 35.1 Å². The SMILES string of the molecule is CCNC(=NCc1cc(C#N)ccc1F)N1CCC(OCC2CCCCO2)CC1.I. The van der Waals surface area contributed by atoms with E-state index >= 15 is 0 Å². The van der Waals surface area contributed by atoms with Crippen LogP contribution < -0.4 is 5.32 Å². The van der Waals surface area contributed by atoms with Gasteiger partial charge in [0, 0.05) is 31.8 Å². The zero-order valence-electron chi connectivity index (χ0n) is 17.6. The first kappa shape index (κ1) is 24.8. The number of hydrogen-bond donors (Lipinski definition) is 1. The molecule has 1 aromatic rings. The van der Waals surface area contributed by atoms with Gasteiger partial charge in [-0.2, -0.15) is 5.26 Å². The minimum Gasteiger partial charge on any atom is -0.376 e. The lowest BCUT2D eigenvalue weighted by molar-refractivity contribution is -0.0721. The number of hydrogen-bond acceptors (Lipinski definition) is 4. The van der Waals surface area contributed by atoms with Gasteiger partial charge in [-0.1, -0.05) is 0 Å². The zero-order chi connectivity index (χ0) is 20.5. The van der Waals surface area contributed by atoms with Crippen LogP contribution >= 0.6 is 24.0 Å². The van der Waals surface area contributed by atoms with E-state index in [1.807, 2.05) is 13.0 Å². The number of likely N-dealkylation sites (tertiary alicyclic amines) is 1. The summed E-state index contributed by atoms with van der Waals surface area (Å²) in [6.07, 6.45) is 5.87. The fourth-order valence-corrected chi connectivity index (χ4v) is 3.77. The second-order valence-electron chi connectivity index (χ2n) is 7.60. The van der Waals surface area contributed by atoms with Crippen molar-refractivity contribution in [2.75, 3.05) is 32.8 Å². The van der Waals surface area contributed by atoms with Gasteiger partial charge >= 0.3 is 0 Å². The molecule has 2 fully saturated rings. The number of aliphatic imine (C=N–C) groups is 1. The molecule has 1 aromatic carbocycles. The van der Waals surface area contributed by atoms with Crippen molar-refractivity contribution in [3.8, 4) is 6.07 Å². The predicted octanol–water partition coefficient (Wildman–Crippen LogP) is 3.83. The van der Waals surface area contributed by atoms with Crippen LogP contribution in [0.4, 0.5) is 4.39 Å². The average molecular weight is 530 g/mol. The van der Waals surface area contributed by atoms with E-state index in [9.17, 15) is 4.39 Å². The van der Waals surface area contributed by atoms with E-state index < -0.39 is 0 Å². The van der Waals surface area contributed by atoms with Crippen molar-refractivity contribution < 1.29 is 13.9 Å². The first-order chi connectivity index (χ1) is 14.2. The molecule has 0 amide bonds. The fraction of sp³-hybridized carbons (Fsp3) is 0.636. The van der Waals surface area contributed by atoms with E-state index in [1.165, 1.54) is 18.6 Å². The maximum absolute atomic E-state index is 14.0. The van der Waals surface area contributed by atoms with Crippen LogP contribution in [0.25, 0.3) is 0 Å². The fourth-order valence-electron chi connectivity index (χ4n) is 3.77. The molecule has 0 saturated carbocycles. The van der Waals surface area contributed by atoms with Gasteiger partial charge in [-0.15, -0.1) is 24.0 Å². The number of guanidine groups is 1.